The second kappa shape index (κ2) is 5.11. The van der Waals surface area contributed by atoms with E-state index in [1.54, 1.807) is 0 Å². The molecule has 1 aliphatic heterocycles. The van der Waals surface area contributed by atoms with Crippen LogP contribution in [0.3, 0.4) is 0 Å². The first-order chi connectivity index (χ1) is 8.81. The van der Waals surface area contributed by atoms with E-state index in [1.807, 2.05) is 0 Å². The Morgan fingerprint density at radius 1 is 1.11 bits per heavy atom. The van der Waals surface area contributed by atoms with Gasteiger partial charge in [0.2, 0.25) is 0 Å². The van der Waals surface area contributed by atoms with Crippen LogP contribution in [0.1, 0.15) is 24.0 Å². The van der Waals surface area contributed by atoms with Crippen LogP contribution in [0.2, 0.25) is 0 Å². The van der Waals surface area contributed by atoms with E-state index in [9.17, 15) is 0 Å². The lowest BCUT2D eigenvalue weighted by Crippen LogP contribution is -2.09. The van der Waals surface area contributed by atoms with Gasteiger partial charge in [-0.05, 0) is 61.5 Å². The smallest absolute Gasteiger partial charge is 0.00199 e. The molecule has 0 radical (unpaired) electrons. The maximum Gasteiger partial charge on any atom is -0.00199 e. The second-order valence-electron chi connectivity index (χ2n) is 5.58. The average molecular weight is 239 g/mol. The zero-order chi connectivity index (χ0) is 12.4. The van der Waals surface area contributed by atoms with Crippen molar-refractivity contribution in [2.24, 2.45) is 5.92 Å². The van der Waals surface area contributed by atoms with Crippen molar-refractivity contribution in [3.8, 4) is 0 Å². The maximum atomic E-state index is 3.44. The molecule has 1 N–H and O–H groups in total. The van der Waals surface area contributed by atoms with Gasteiger partial charge < -0.3 is 5.32 Å². The minimum atomic E-state index is 0.888. The van der Waals surface area contributed by atoms with Crippen molar-refractivity contribution in [1.82, 2.24) is 5.32 Å². The first-order valence-corrected chi connectivity index (χ1v) is 7.01. The third kappa shape index (κ3) is 2.56. The first kappa shape index (κ1) is 11.7. The summed E-state index contributed by atoms with van der Waals surface area (Å²) in [5, 5.41) is 6.18. The van der Waals surface area contributed by atoms with Crippen molar-refractivity contribution < 1.29 is 0 Å². The molecule has 94 valence electrons. The third-order valence-corrected chi connectivity index (χ3v) is 4.06. The summed E-state index contributed by atoms with van der Waals surface area (Å²) in [4.78, 5) is 0. The molecule has 0 spiro atoms. The van der Waals surface area contributed by atoms with Gasteiger partial charge in [0.1, 0.15) is 0 Å². The van der Waals surface area contributed by atoms with Crippen LogP contribution in [0.15, 0.2) is 36.4 Å². The molecule has 1 atom stereocenters. The summed E-state index contributed by atoms with van der Waals surface area (Å²) in [6.45, 7) is 4.58. The second-order valence-corrected chi connectivity index (χ2v) is 5.58. The quantitative estimate of drug-likeness (QED) is 0.861. The highest BCUT2D eigenvalue weighted by Gasteiger charge is 2.13. The van der Waals surface area contributed by atoms with Gasteiger partial charge in [-0.2, -0.15) is 0 Å². The SMILES string of the molecule is Cc1ccc2cc(CCC3CCNC3)ccc2c1. The van der Waals surface area contributed by atoms with E-state index in [0.29, 0.717) is 0 Å². The van der Waals surface area contributed by atoms with Crippen molar-refractivity contribution in [2.75, 3.05) is 13.1 Å². The summed E-state index contributed by atoms with van der Waals surface area (Å²) in [6.07, 6.45) is 3.90. The molecule has 2 aromatic rings. The van der Waals surface area contributed by atoms with E-state index in [1.165, 1.54) is 54.3 Å². The van der Waals surface area contributed by atoms with E-state index in [-0.39, 0.29) is 0 Å². The fraction of sp³-hybridized carbons (Fsp3) is 0.412. The van der Waals surface area contributed by atoms with Crippen molar-refractivity contribution in [2.45, 2.75) is 26.2 Å². The van der Waals surface area contributed by atoms with Crippen molar-refractivity contribution >= 4 is 10.8 Å². The van der Waals surface area contributed by atoms with Crippen LogP contribution in [-0.2, 0) is 6.42 Å². The van der Waals surface area contributed by atoms with Crippen LogP contribution in [0, 0.1) is 12.8 Å². The molecular weight excluding hydrogens is 218 g/mol. The molecule has 0 amide bonds. The van der Waals surface area contributed by atoms with Crippen LogP contribution < -0.4 is 5.32 Å². The van der Waals surface area contributed by atoms with E-state index in [4.69, 9.17) is 0 Å². The van der Waals surface area contributed by atoms with Crippen LogP contribution in [-0.4, -0.2) is 13.1 Å². The highest BCUT2D eigenvalue weighted by molar-refractivity contribution is 5.83. The van der Waals surface area contributed by atoms with Crippen LogP contribution >= 0.6 is 0 Å². The molecule has 3 rings (SSSR count). The Balaban J connectivity index is 1.74. The normalized spacial score (nSPS) is 19.5. The molecule has 0 aromatic heterocycles. The zero-order valence-corrected chi connectivity index (χ0v) is 11.1. The van der Waals surface area contributed by atoms with Crippen molar-refractivity contribution in [1.29, 1.82) is 0 Å². The van der Waals surface area contributed by atoms with Gasteiger partial charge in [0.15, 0.2) is 0 Å². The van der Waals surface area contributed by atoms with E-state index >= 15 is 0 Å². The molecule has 1 heterocycles. The highest BCUT2D eigenvalue weighted by Crippen LogP contribution is 2.21. The summed E-state index contributed by atoms with van der Waals surface area (Å²) in [7, 11) is 0. The summed E-state index contributed by atoms with van der Waals surface area (Å²) in [6, 6.07) is 13.6. The Bertz CT molecular complexity index is 538. The van der Waals surface area contributed by atoms with Gasteiger partial charge in [0, 0.05) is 0 Å². The molecular formula is C17H21N. The average Bonchev–Trinajstić information content (AvgIpc) is 2.89. The summed E-state index contributed by atoms with van der Waals surface area (Å²) >= 11 is 0. The molecule has 1 nitrogen and oxygen atoms in total. The van der Waals surface area contributed by atoms with Gasteiger partial charge in [0.05, 0.1) is 0 Å². The maximum absolute atomic E-state index is 3.44. The molecule has 1 unspecified atom stereocenters. The van der Waals surface area contributed by atoms with Crippen molar-refractivity contribution in [3.63, 3.8) is 0 Å². The lowest BCUT2D eigenvalue weighted by Gasteiger charge is -2.09. The molecule has 1 aliphatic rings. The fourth-order valence-corrected chi connectivity index (χ4v) is 2.90. The molecule has 1 heteroatoms. The summed E-state index contributed by atoms with van der Waals surface area (Å²) < 4.78 is 0. The Labute approximate surface area is 109 Å². The third-order valence-electron chi connectivity index (χ3n) is 4.06. The minimum Gasteiger partial charge on any atom is -0.316 e. The van der Waals surface area contributed by atoms with E-state index in [0.717, 1.165) is 5.92 Å². The van der Waals surface area contributed by atoms with E-state index < -0.39 is 0 Å². The molecule has 2 aromatic carbocycles. The lowest BCUT2D eigenvalue weighted by atomic mass is 9.97. The van der Waals surface area contributed by atoms with Gasteiger partial charge in [-0.25, -0.2) is 0 Å². The topological polar surface area (TPSA) is 12.0 Å². The number of hydrogen-bond acceptors (Lipinski definition) is 1. The fourth-order valence-electron chi connectivity index (χ4n) is 2.90. The number of hydrogen-bond donors (Lipinski definition) is 1. The molecule has 1 saturated heterocycles. The van der Waals surface area contributed by atoms with Gasteiger partial charge >= 0.3 is 0 Å². The molecule has 0 aliphatic carbocycles. The monoisotopic (exact) mass is 239 g/mol. The molecule has 1 fully saturated rings. The Morgan fingerprint density at radius 3 is 2.78 bits per heavy atom. The standard InChI is InChI=1S/C17H21N/c1-13-2-6-17-11-14(5-7-16(17)10-13)3-4-15-8-9-18-12-15/h2,5-7,10-11,15,18H,3-4,8-9,12H2,1H3. The van der Waals surface area contributed by atoms with Crippen LogP contribution in [0.4, 0.5) is 0 Å². The minimum absolute atomic E-state index is 0.888. The Morgan fingerprint density at radius 2 is 1.94 bits per heavy atom. The molecule has 18 heavy (non-hydrogen) atoms. The summed E-state index contributed by atoms with van der Waals surface area (Å²) in [5.74, 6) is 0.888. The zero-order valence-electron chi connectivity index (χ0n) is 11.1. The number of aryl methyl sites for hydroxylation is 2. The van der Waals surface area contributed by atoms with Gasteiger partial charge in [-0.3, -0.25) is 0 Å². The number of rotatable bonds is 3. The number of fused-ring (bicyclic) bond motifs is 1. The largest absolute Gasteiger partial charge is 0.316 e. The lowest BCUT2D eigenvalue weighted by molar-refractivity contribution is 0.533. The van der Waals surface area contributed by atoms with Crippen LogP contribution in [0.25, 0.3) is 10.8 Å². The predicted molar refractivity (Wildman–Crippen MR) is 78.0 cm³/mol. The Kier molecular flexibility index (Phi) is 3.33. The predicted octanol–water partition coefficient (Wildman–Crippen LogP) is 3.69. The van der Waals surface area contributed by atoms with E-state index in [2.05, 4.69) is 48.6 Å². The van der Waals surface area contributed by atoms with Gasteiger partial charge in [-0.1, -0.05) is 42.0 Å². The van der Waals surface area contributed by atoms with Crippen LogP contribution in [0.5, 0.6) is 0 Å². The van der Waals surface area contributed by atoms with Gasteiger partial charge in [-0.15, -0.1) is 0 Å². The molecule has 0 saturated carbocycles. The summed E-state index contributed by atoms with van der Waals surface area (Å²) in [5.41, 5.74) is 2.82. The first-order valence-electron chi connectivity index (χ1n) is 7.01. The Hall–Kier alpha value is -1.34. The highest BCUT2D eigenvalue weighted by atomic mass is 14.9. The molecule has 0 bridgehead atoms. The number of nitrogens with one attached hydrogen (secondary N) is 1. The number of benzene rings is 2. The van der Waals surface area contributed by atoms with Crippen molar-refractivity contribution in [3.05, 3.63) is 47.5 Å². The van der Waals surface area contributed by atoms with Gasteiger partial charge in [0.25, 0.3) is 0 Å².